The molecule has 5 nitrogen and oxygen atoms in total. The largest absolute Gasteiger partial charge is 0.335 e. The molecule has 0 aliphatic rings. The smallest absolute Gasteiger partial charge is 0.275 e. The summed E-state index contributed by atoms with van der Waals surface area (Å²) in [4.78, 5) is 16.1. The van der Waals surface area contributed by atoms with Crippen LogP contribution in [0.4, 0.5) is 5.69 Å². The lowest BCUT2D eigenvalue weighted by Crippen LogP contribution is -2.13. The molecule has 0 atom stereocenters. The van der Waals surface area contributed by atoms with Crippen LogP contribution in [0.3, 0.4) is 0 Å². The van der Waals surface area contributed by atoms with E-state index in [-0.39, 0.29) is 5.91 Å². The fourth-order valence-electron chi connectivity index (χ4n) is 1.68. The highest BCUT2D eigenvalue weighted by Gasteiger charge is 2.12. The molecule has 1 amide bonds. The lowest BCUT2D eigenvalue weighted by atomic mass is 10.2. The number of hydrogen-bond donors (Lipinski definition) is 2. The van der Waals surface area contributed by atoms with Crippen LogP contribution in [0.25, 0.3) is 0 Å². The Labute approximate surface area is 130 Å². The number of carbonyl (C=O) groups is 1. The highest BCUT2D eigenvalue weighted by molar-refractivity contribution is 9.10. The molecule has 7 heteroatoms. The van der Waals surface area contributed by atoms with E-state index in [0.717, 1.165) is 10.0 Å². The van der Waals surface area contributed by atoms with Crippen molar-refractivity contribution < 1.29 is 4.79 Å². The van der Waals surface area contributed by atoms with Crippen molar-refractivity contribution in [3.05, 3.63) is 45.4 Å². The number of halogens is 2. The summed E-state index contributed by atoms with van der Waals surface area (Å²) in [6, 6.07) is 3.56. The summed E-state index contributed by atoms with van der Waals surface area (Å²) >= 11 is 9.45. The number of aromatic nitrogens is 2. The maximum absolute atomic E-state index is 12.1. The summed E-state index contributed by atoms with van der Waals surface area (Å²) in [5, 5.41) is 3.37. The van der Waals surface area contributed by atoms with Crippen molar-refractivity contribution in [1.29, 1.82) is 0 Å². The van der Waals surface area contributed by atoms with E-state index in [2.05, 4.69) is 26.2 Å². The molecule has 1 heterocycles. The standard InChI is InChI=1S/C13H14BrClN4O/c1-8-4-9(14)11(5-10(8)15)18-13(20)12-6-19(3-2-16)7-17-12/h4-7H,2-3,16H2,1H3,(H,18,20). The van der Waals surface area contributed by atoms with E-state index in [4.69, 9.17) is 17.3 Å². The Hall–Kier alpha value is -1.37. The average molecular weight is 358 g/mol. The number of nitrogens with two attached hydrogens (primary N) is 1. The van der Waals surface area contributed by atoms with Crippen molar-refractivity contribution in [1.82, 2.24) is 9.55 Å². The number of rotatable bonds is 4. The van der Waals surface area contributed by atoms with Crippen LogP contribution in [-0.2, 0) is 6.54 Å². The van der Waals surface area contributed by atoms with Crippen molar-refractivity contribution in [3.8, 4) is 0 Å². The third-order valence-electron chi connectivity index (χ3n) is 2.75. The van der Waals surface area contributed by atoms with E-state index in [1.807, 2.05) is 13.0 Å². The number of anilines is 1. The fraction of sp³-hybridized carbons (Fsp3) is 0.231. The van der Waals surface area contributed by atoms with Crippen molar-refractivity contribution in [3.63, 3.8) is 0 Å². The molecular weight excluding hydrogens is 344 g/mol. The van der Waals surface area contributed by atoms with Gasteiger partial charge in [0.15, 0.2) is 0 Å². The van der Waals surface area contributed by atoms with Crippen LogP contribution in [0.15, 0.2) is 29.1 Å². The molecule has 0 unspecified atom stereocenters. The molecule has 20 heavy (non-hydrogen) atoms. The zero-order valence-corrected chi connectivity index (χ0v) is 13.2. The fourth-order valence-corrected chi connectivity index (χ4v) is 2.40. The van der Waals surface area contributed by atoms with Crippen LogP contribution >= 0.6 is 27.5 Å². The molecule has 0 saturated heterocycles. The third-order valence-corrected chi connectivity index (χ3v) is 3.81. The molecular formula is C13H14BrClN4O. The quantitative estimate of drug-likeness (QED) is 0.883. The van der Waals surface area contributed by atoms with Gasteiger partial charge in [0.25, 0.3) is 5.91 Å². The minimum Gasteiger partial charge on any atom is -0.335 e. The monoisotopic (exact) mass is 356 g/mol. The third kappa shape index (κ3) is 3.39. The van der Waals surface area contributed by atoms with Gasteiger partial charge in [-0.05, 0) is 40.5 Å². The van der Waals surface area contributed by atoms with Gasteiger partial charge in [-0.2, -0.15) is 0 Å². The summed E-state index contributed by atoms with van der Waals surface area (Å²) < 4.78 is 2.54. The van der Waals surface area contributed by atoms with Crippen LogP contribution in [-0.4, -0.2) is 22.0 Å². The number of aryl methyl sites for hydroxylation is 1. The van der Waals surface area contributed by atoms with Gasteiger partial charge in [0.1, 0.15) is 5.69 Å². The number of carbonyl (C=O) groups excluding carboxylic acids is 1. The first-order chi connectivity index (χ1) is 9.51. The molecule has 1 aromatic carbocycles. The lowest BCUT2D eigenvalue weighted by Gasteiger charge is -2.08. The van der Waals surface area contributed by atoms with Crippen molar-refractivity contribution in [2.75, 3.05) is 11.9 Å². The Morgan fingerprint density at radius 1 is 1.55 bits per heavy atom. The first kappa shape index (κ1) is 15.0. The summed E-state index contributed by atoms with van der Waals surface area (Å²) in [5.41, 5.74) is 7.33. The van der Waals surface area contributed by atoms with E-state index in [0.29, 0.717) is 29.5 Å². The molecule has 0 fully saturated rings. The van der Waals surface area contributed by atoms with E-state index in [1.165, 1.54) is 0 Å². The number of nitrogens with one attached hydrogen (secondary N) is 1. The first-order valence-electron chi connectivity index (χ1n) is 6.00. The number of benzene rings is 1. The van der Waals surface area contributed by atoms with Gasteiger partial charge in [-0.15, -0.1) is 0 Å². The molecule has 3 N–H and O–H groups in total. The predicted molar refractivity (Wildman–Crippen MR) is 83.1 cm³/mol. The van der Waals surface area contributed by atoms with E-state index >= 15 is 0 Å². The van der Waals surface area contributed by atoms with E-state index in [1.54, 1.807) is 23.2 Å². The molecule has 2 aromatic rings. The molecule has 0 radical (unpaired) electrons. The maximum atomic E-state index is 12.1. The normalized spacial score (nSPS) is 10.6. The SMILES string of the molecule is Cc1cc(Br)c(NC(=O)c2cn(CCN)cn2)cc1Cl. The lowest BCUT2D eigenvalue weighted by molar-refractivity contribution is 0.102. The summed E-state index contributed by atoms with van der Waals surface area (Å²) in [5.74, 6) is -0.290. The van der Waals surface area contributed by atoms with Gasteiger partial charge in [0.05, 0.1) is 12.0 Å². The van der Waals surface area contributed by atoms with Crippen LogP contribution in [0.2, 0.25) is 5.02 Å². The van der Waals surface area contributed by atoms with Crippen molar-refractivity contribution in [2.45, 2.75) is 13.5 Å². The van der Waals surface area contributed by atoms with Crippen molar-refractivity contribution in [2.24, 2.45) is 5.73 Å². The minimum absolute atomic E-state index is 0.290. The maximum Gasteiger partial charge on any atom is 0.275 e. The molecule has 0 aliphatic carbocycles. The second-order valence-electron chi connectivity index (χ2n) is 4.32. The summed E-state index contributed by atoms with van der Waals surface area (Å²) in [7, 11) is 0. The number of nitrogens with zero attached hydrogens (tertiary/aromatic N) is 2. The molecule has 2 rings (SSSR count). The number of imidazole rings is 1. The topological polar surface area (TPSA) is 72.9 Å². The van der Waals surface area contributed by atoms with Crippen molar-refractivity contribution >= 4 is 39.1 Å². The Kier molecular flexibility index (Phi) is 4.80. The Morgan fingerprint density at radius 3 is 3.00 bits per heavy atom. The van der Waals surface area contributed by atoms with Gasteiger partial charge in [-0.3, -0.25) is 4.79 Å². The van der Waals surface area contributed by atoms with Crippen LogP contribution in [0.5, 0.6) is 0 Å². The predicted octanol–water partition coefficient (Wildman–Crippen LogP) is 2.82. The Balaban J connectivity index is 2.16. The first-order valence-corrected chi connectivity index (χ1v) is 7.17. The van der Waals surface area contributed by atoms with Gasteiger partial charge >= 0.3 is 0 Å². The zero-order chi connectivity index (χ0) is 14.7. The summed E-state index contributed by atoms with van der Waals surface area (Å²) in [6.45, 7) is 3.02. The highest BCUT2D eigenvalue weighted by Crippen LogP contribution is 2.29. The molecule has 0 spiro atoms. The number of hydrogen-bond acceptors (Lipinski definition) is 3. The number of amides is 1. The molecule has 106 valence electrons. The molecule has 0 bridgehead atoms. The van der Waals surface area contributed by atoms with Crippen LogP contribution in [0.1, 0.15) is 16.1 Å². The molecule has 1 aromatic heterocycles. The highest BCUT2D eigenvalue weighted by atomic mass is 79.9. The Morgan fingerprint density at radius 2 is 2.30 bits per heavy atom. The second-order valence-corrected chi connectivity index (χ2v) is 5.58. The van der Waals surface area contributed by atoms with Gasteiger partial charge < -0.3 is 15.6 Å². The summed E-state index contributed by atoms with van der Waals surface area (Å²) in [6.07, 6.45) is 3.24. The van der Waals surface area contributed by atoms with Crippen LogP contribution < -0.4 is 11.1 Å². The van der Waals surface area contributed by atoms with E-state index in [9.17, 15) is 4.79 Å². The Bertz CT molecular complexity index is 641. The average Bonchev–Trinajstić information content (AvgIpc) is 2.85. The molecule has 0 saturated carbocycles. The zero-order valence-electron chi connectivity index (χ0n) is 10.9. The van der Waals surface area contributed by atoms with Crippen LogP contribution in [0, 0.1) is 6.92 Å². The van der Waals surface area contributed by atoms with Gasteiger partial charge in [-0.1, -0.05) is 11.6 Å². The minimum atomic E-state index is -0.290. The van der Waals surface area contributed by atoms with E-state index < -0.39 is 0 Å². The van der Waals surface area contributed by atoms with Gasteiger partial charge in [0.2, 0.25) is 0 Å². The van der Waals surface area contributed by atoms with Gasteiger partial charge in [0, 0.05) is 28.8 Å². The van der Waals surface area contributed by atoms with Gasteiger partial charge in [-0.25, -0.2) is 4.98 Å². The molecule has 0 aliphatic heterocycles. The second kappa shape index (κ2) is 6.39.